The van der Waals surface area contributed by atoms with E-state index in [0.717, 1.165) is 11.1 Å². The highest BCUT2D eigenvalue weighted by molar-refractivity contribution is 5.93. The molecule has 0 aliphatic heterocycles. The van der Waals surface area contributed by atoms with Gasteiger partial charge in [0.25, 0.3) is 0 Å². The second-order valence-corrected chi connectivity index (χ2v) is 4.44. The summed E-state index contributed by atoms with van der Waals surface area (Å²) in [5.41, 5.74) is 8.03. The van der Waals surface area contributed by atoms with E-state index in [1.165, 1.54) is 7.11 Å². The minimum absolute atomic E-state index is 0.361. The van der Waals surface area contributed by atoms with Gasteiger partial charge in [-0.25, -0.2) is 4.79 Å². The molecule has 0 aliphatic carbocycles. The molecule has 1 amide bonds. The lowest BCUT2D eigenvalue weighted by Gasteiger charge is -2.00. The summed E-state index contributed by atoms with van der Waals surface area (Å²) in [5, 5.41) is 0. The molecule has 0 radical (unpaired) electrons. The molecule has 0 spiro atoms. The van der Waals surface area contributed by atoms with Crippen LogP contribution >= 0.6 is 0 Å². The summed E-state index contributed by atoms with van der Waals surface area (Å²) in [6.45, 7) is 0. The van der Waals surface area contributed by atoms with Gasteiger partial charge in [-0.2, -0.15) is 0 Å². The number of rotatable bonds is 4. The normalized spacial score (nSPS) is 10.5. The van der Waals surface area contributed by atoms with E-state index in [2.05, 4.69) is 4.74 Å². The Kier molecular flexibility index (Phi) is 4.51. The fourth-order valence-electron chi connectivity index (χ4n) is 1.84. The second-order valence-electron chi connectivity index (χ2n) is 4.44. The van der Waals surface area contributed by atoms with Crippen LogP contribution in [0.3, 0.4) is 0 Å². The molecule has 0 aromatic heterocycles. The number of ether oxygens (including phenoxy) is 1. The lowest BCUT2D eigenvalue weighted by molar-refractivity contribution is 0.0600. The van der Waals surface area contributed by atoms with Crippen LogP contribution in [-0.4, -0.2) is 19.0 Å². The van der Waals surface area contributed by atoms with Crippen molar-refractivity contribution in [2.75, 3.05) is 7.11 Å². The molecule has 2 N–H and O–H groups in total. The van der Waals surface area contributed by atoms with Crippen LogP contribution < -0.4 is 5.73 Å². The minimum atomic E-state index is -0.451. The van der Waals surface area contributed by atoms with E-state index in [1.807, 2.05) is 30.4 Å². The molecule has 2 rings (SSSR count). The Morgan fingerprint density at radius 2 is 1.62 bits per heavy atom. The maximum Gasteiger partial charge on any atom is 0.337 e. The molecule has 2 aromatic carbocycles. The zero-order valence-corrected chi connectivity index (χ0v) is 11.6. The van der Waals surface area contributed by atoms with Gasteiger partial charge in [-0.3, -0.25) is 4.79 Å². The van der Waals surface area contributed by atoms with Gasteiger partial charge >= 0.3 is 5.97 Å². The summed E-state index contributed by atoms with van der Waals surface area (Å²) < 4.78 is 4.64. The van der Waals surface area contributed by atoms with E-state index in [1.54, 1.807) is 30.3 Å². The van der Waals surface area contributed by atoms with Gasteiger partial charge in [-0.05, 0) is 35.4 Å². The van der Waals surface area contributed by atoms with Gasteiger partial charge in [0.1, 0.15) is 0 Å². The van der Waals surface area contributed by atoms with Gasteiger partial charge in [-0.15, -0.1) is 0 Å². The molecule has 0 bridgehead atoms. The Labute approximate surface area is 122 Å². The number of carbonyl (C=O) groups excluding carboxylic acids is 2. The number of hydrogen-bond donors (Lipinski definition) is 1. The summed E-state index contributed by atoms with van der Waals surface area (Å²) in [6, 6.07) is 14.1. The van der Waals surface area contributed by atoms with E-state index in [9.17, 15) is 9.59 Å². The van der Waals surface area contributed by atoms with Crippen LogP contribution in [0.1, 0.15) is 31.8 Å². The van der Waals surface area contributed by atoms with Crippen LogP contribution in [0.5, 0.6) is 0 Å². The maximum absolute atomic E-state index is 11.3. The average Bonchev–Trinajstić information content (AvgIpc) is 2.53. The molecule has 21 heavy (non-hydrogen) atoms. The first-order chi connectivity index (χ1) is 10.1. The Balaban J connectivity index is 2.16. The molecule has 2 aromatic rings. The summed E-state index contributed by atoms with van der Waals surface area (Å²) in [7, 11) is 1.35. The molecule has 0 unspecified atom stereocenters. The Hall–Kier alpha value is -2.88. The molecule has 106 valence electrons. The standard InChI is InChI=1S/C17H15NO3/c1-21-17(20)14-9-7-12(8-10-14)5-6-13-3-2-4-15(11-13)16(18)19/h2-11H,1H3,(H2,18,19)/b6-5+. The van der Waals surface area contributed by atoms with E-state index in [4.69, 9.17) is 5.73 Å². The molecule has 0 atom stereocenters. The highest BCUT2D eigenvalue weighted by Crippen LogP contribution is 2.12. The third-order valence-electron chi connectivity index (χ3n) is 2.97. The van der Waals surface area contributed by atoms with Crippen LogP contribution in [-0.2, 0) is 4.74 Å². The second kappa shape index (κ2) is 6.52. The van der Waals surface area contributed by atoms with E-state index < -0.39 is 5.91 Å². The first-order valence-corrected chi connectivity index (χ1v) is 6.36. The number of benzene rings is 2. The van der Waals surface area contributed by atoms with Crippen LogP contribution in [0.4, 0.5) is 0 Å². The molecule has 0 aliphatic rings. The van der Waals surface area contributed by atoms with Gasteiger partial charge in [0, 0.05) is 5.56 Å². The van der Waals surface area contributed by atoms with Crippen molar-refractivity contribution in [1.82, 2.24) is 0 Å². The summed E-state index contributed by atoms with van der Waals surface area (Å²) in [5.74, 6) is -0.813. The van der Waals surface area contributed by atoms with E-state index in [-0.39, 0.29) is 5.97 Å². The summed E-state index contributed by atoms with van der Waals surface area (Å²) >= 11 is 0. The Bertz CT molecular complexity index is 687. The number of carbonyl (C=O) groups is 2. The van der Waals surface area contributed by atoms with Gasteiger partial charge < -0.3 is 10.5 Å². The van der Waals surface area contributed by atoms with Crippen LogP contribution in [0.2, 0.25) is 0 Å². The molecule has 4 nitrogen and oxygen atoms in total. The monoisotopic (exact) mass is 281 g/mol. The molecule has 0 fully saturated rings. The fourth-order valence-corrected chi connectivity index (χ4v) is 1.84. The van der Waals surface area contributed by atoms with E-state index in [0.29, 0.717) is 11.1 Å². The summed E-state index contributed by atoms with van der Waals surface area (Å²) in [6.07, 6.45) is 3.76. The zero-order chi connectivity index (χ0) is 15.2. The first-order valence-electron chi connectivity index (χ1n) is 6.36. The lowest BCUT2D eigenvalue weighted by Crippen LogP contribution is -2.10. The molecular formula is C17H15NO3. The minimum Gasteiger partial charge on any atom is -0.465 e. The first kappa shape index (κ1) is 14.5. The number of esters is 1. The smallest absolute Gasteiger partial charge is 0.337 e. The Morgan fingerprint density at radius 1 is 0.952 bits per heavy atom. The third-order valence-corrected chi connectivity index (χ3v) is 2.97. The van der Waals surface area contributed by atoms with Crippen molar-refractivity contribution < 1.29 is 14.3 Å². The average molecular weight is 281 g/mol. The number of amides is 1. The van der Waals surface area contributed by atoms with Gasteiger partial charge in [-0.1, -0.05) is 36.4 Å². The number of primary amides is 1. The highest BCUT2D eigenvalue weighted by Gasteiger charge is 2.03. The van der Waals surface area contributed by atoms with Crippen LogP contribution in [0.15, 0.2) is 48.5 Å². The zero-order valence-electron chi connectivity index (χ0n) is 11.6. The predicted molar refractivity (Wildman–Crippen MR) is 81.7 cm³/mol. The van der Waals surface area contributed by atoms with Crippen molar-refractivity contribution in [1.29, 1.82) is 0 Å². The Morgan fingerprint density at radius 3 is 2.24 bits per heavy atom. The van der Waals surface area contributed by atoms with Crippen molar-refractivity contribution in [3.05, 3.63) is 70.8 Å². The topological polar surface area (TPSA) is 69.4 Å². The van der Waals surface area contributed by atoms with Gasteiger partial charge in [0.15, 0.2) is 0 Å². The number of hydrogen-bond acceptors (Lipinski definition) is 3. The highest BCUT2D eigenvalue weighted by atomic mass is 16.5. The van der Waals surface area contributed by atoms with Crippen molar-refractivity contribution >= 4 is 24.0 Å². The molecule has 0 heterocycles. The third kappa shape index (κ3) is 3.79. The summed E-state index contributed by atoms with van der Waals surface area (Å²) in [4.78, 5) is 22.4. The molecule has 0 saturated heterocycles. The molecule has 4 heteroatoms. The fraction of sp³-hybridized carbons (Fsp3) is 0.0588. The van der Waals surface area contributed by atoms with Crippen LogP contribution in [0, 0.1) is 0 Å². The lowest BCUT2D eigenvalue weighted by atomic mass is 10.1. The number of nitrogens with two attached hydrogens (primary N) is 1. The molecular weight excluding hydrogens is 266 g/mol. The number of methoxy groups -OCH3 is 1. The SMILES string of the molecule is COC(=O)c1ccc(/C=C/c2cccc(C(N)=O)c2)cc1. The van der Waals surface area contributed by atoms with Crippen molar-refractivity contribution in [2.24, 2.45) is 5.73 Å². The van der Waals surface area contributed by atoms with Crippen LogP contribution in [0.25, 0.3) is 12.2 Å². The predicted octanol–water partition coefficient (Wildman–Crippen LogP) is 2.74. The van der Waals surface area contributed by atoms with Crippen molar-refractivity contribution in [3.8, 4) is 0 Å². The van der Waals surface area contributed by atoms with Gasteiger partial charge in [0.2, 0.25) is 5.91 Å². The van der Waals surface area contributed by atoms with Crippen molar-refractivity contribution in [3.63, 3.8) is 0 Å². The quantitative estimate of drug-likeness (QED) is 0.692. The van der Waals surface area contributed by atoms with E-state index >= 15 is 0 Å². The van der Waals surface area contributed by atoms with Crippen molar-refractivity contribution in [2.45, 2.75) is 0 Å². The largest absolute Gasteiger partial charge is 0.465 e. The maximum atomic E-state index is 11.3. The van der Waals surface area contributed by atoms with Gasteiger partial charge in [0.05, 0.1) is 12.7 Å². The molecule has 0 saturated carbocycles.